The number of rotatable bonds is 5. The number of halogens is 1. The van der Waals surface area contributed by atoms with E-state index in [1.807, 2.05) is 30.3 Å². The van der Waals surface area contributed by atoms with E-state index in [-0.39, 0.29) is 16.4 Å². The lowest BCUT2D eigenvalue weighted by atomic mass is 9.79. The SMILES string of the molecule is O=C(NCCc1ccccc1)c1ccc(Cl)c(B(O)O)c1. The molecule has 0 aliphatic rings. The second-order valence-corrected chi connectivity index (χ2v) is 5.01. The monoisotopic (exact) mass is 303 g/mol. The fourth-order valence-corrected chi connectivity index (χ4v) is 2.17. The molecule has 1 amide bonds. The van der Waals surface area contributed by atoms with E-state index in [1.54, 1.807) is 6.07 Å². The molecule has 0 aliphatic heterocycles. The van der Waals surface area contributed by atoms with Gasteiger partial charge in [0, 0.05) is 22.6 Å². The summed E-state index contributed by atoms with van der Waals surface area (Å²) in [5, 5.41) is 21.4. The first-order valence-electron chi connectivity index (χ1n) is 6.55. The van der Waals surface area contributed by atoms with Crippen LogP contribution < -0.4 is 10.8 Å². The molecule has 4 nitrogen and oxygen atoms in total. The standard InChI is InChI=1S/C15H15BClNO3/c17-14-7-6-12(10-13(14)16(20)21)15(19)18-9-8-11-4-2-1-3-5-11/h1-7,10,20-21H,8-9H2,(H,18,19). The molecule has 0 fully saturated rings. The zero-order chi connectivity index (χ0) is 15.2. The summed E-state index contributed by atoms with van der Waals surface area (Å²) in [6, 6.07) is 14.2. The summed E-state index contributed by atoms with van der Waals surface area (Å²) < 4.78 is 0. The van der Waals surface area contributed by atoms with Gasteiger partial charge in [-0.15, -0.1) is 0 Å². The normalized spacial score (nSPS) is 10.2. The van der Waals surface area contributed by atoms with Gasteiger partial charge in [-0.05, 0) is 30.2 Å². The summed E-state index contributed by atoms with van der Waals surface area (Å²) in [5.41, 5.74) is 1.60. The predicted octanol–water partition coefficient (Wildman–Crippen LogP) is 0.992. The van der Waals surface area contributed by atoms with Gasteiger partial charge in [0.1, 0.15) is 0 Å². The number of benzene rings is 2. The molecule has 0 saturated carbocycles. The van der Waals surface area contributed by atoms with Crippen molar-refractivity contribution in [3.63, 3.8) is 0 Å². The molecule has 0 aromatic heterocycles. The second kappa shape index (κ2) is 7.27. The number of hydrogen-bond donors (Lipinski definition) is 3. The zero-order valence-electron chi connectivity index (χ0n) is 11.3. The fraction of sp³-hybridized carbons (Fsp3) is 0.133. The maximum Gasteiger partial charge on any atom is 0.489 e. The van der Waals surface area contributed by atoms with Crippen LogP contribution >= 0.6 is 11.6 Å². The van der Waals surface area contributed by atoms with Crippen molar-refractivity contribution in [3.8, 4) is 0 Å². The quantitative estimate of drug-likeness (QED) is 0.722. The molecule has 2 rings (SSSR count). The molecule has 0 saturated heterocycles. The molecule has 0 aliphatic carbocycles. The van der Waals surface area contributed by atoms with Gasteiger partial charge < -0.3 is 15.4 Å². The van der Waals surface area contributed by atoms with Crippen molar-refractivity contribution in [2.45, 2.75) is 6.42 Å². The van der Waals surface area contributed by atoms with Gasteiger partial charge in [0.25, 0.3) is 5.91 Å². The maximum atomic E-state index is 12.0. The Labute approximate surface area is 128 Å². The lowest BCUT2D eigenvalue weighted by Crippen LogP contribution is -2.33. The van der Waals surface area contributed by atoms with Crippen LogP contribution in [0.2, 0.25) is 5.02 Å². The molecule has 6 heteroatoms. The molecule has 108 valence electrons. The van der Waals surface area contributed by atoms with Crippen molar-refractivity contribution in [2.75, 3.05) is 6.54 Å². The summed E-state index contributed by atoms with van der Waals surface area (Å²) in [6.45, 7) is 0.502. The van der Waals surface area contributed by atoms with E-state index in [0.717, 1.165) is 12.0 Å². The highest BCUT2D eigenvalue weighted by Crippen LogP contribution is 2.08. The average molecular weight is 304 g/mol. The molecule has 2 aromatic rings. The third kappa shape index (κ3) is 4.33. The molecule has 2 aromatic carbocycles. The van der Waals surface area contributed by atoms with E-state index in [4.69, 9.17) is 11.6 Å². The minimum Gasteiger partial charge on any atom is -0.423 e. The van der Waals surface area contributed by atoms with Crippen molar-refractivity contribution in [1.29, 1.82) is 0 Å². The van der Waals surface area contributed by atoms with Crippen LogP contribution in [0.5, 0.6) is 0 Å². The lowest BCUT2D eigenvalue weighted by molar-refractivity contribution is 0.0954. The van der Waals surface area contributed by atoms with Crippen LogP contribution in [-0.4, -0.2) is 29.6 Å². The Bertz CT molecular complexity index is 620. The van der Waals surface area contributed by atoms with E-state index in [2.05, 4.69) is 5.32 Å². The number of amides is 1. The molecule has 21 heavy (non-hydrogen) atoms. The first kappa shape index (κ1) is 15.6. The van der Waals surface area contributed by atoms with Gasteiger partial charge in [-0.2, -0.15) is 0 Å². The summed E-state index contributed by atoms with van der Waals surface area (Å²) in [5.74, 6) is -0.274. The summed E-state index contributed by atoms with van der Waals surface area (Å²) >= 11 is 5.83. The van der Waals surface area contributed by atoms with Crippen molar-refractivity contribution < 1.29 is 14.8 Å². The van der Waals surface area contributed by atoms with E-state index in [9.17, 15) is 14.8 Å². The molecule has 0 heterocycles. The van der Waals surface area contributed by atoms with Crippen LogP contribution in [0.1, 0.15) is 15.9 Å². The van der Waals surface area contributed by atoms with Crippen LogP contribution in [-0.2, 0) is 6.42 Å². The van der Waals surface area contributed by atoms with Gasteiger partial charge in [-0.25, -0.2) is 0 Å². The maximum absolute atomic E-state index is 12.0. The second-order valence-electron chi connectivity index (χ2n) is 4.60. The van der Waals surface area contributed by atoms with Gasteiger partial charge in [-0.1, -0.05) is 41.9 Å². The first-order chi connectivity index (χ1) is 10.1. The van der Waals surface area contributed by atoms with Crippen LogP contribution in [0.25, 0.3) is 0 Å². The molecule has 0 unspecified atom stereocenters. The topological polar surface area (TPSA) is 69.6 Å². The van der Waals surface area contributed by atoms with Crippen LogP contribution in [0.3, 0.4) is 0 Å². The molecule has 0 spiro atoms. The minimum atomic E-state index is -1.70. The Hall–Kier alpha value is -1.82. The number of carbonyl (C=O) groups is 1. The smallest absolute Gasteiger partial charge is 0.423 e. The Morgan fingerprint density at radius 1 is 1.14 bits per heavy atom. The molecular weight excluding hydrogens is 288 g/mol. The van der Waals surface area contributed by atoms with Crippen molar-refractivity contribution >= 4 is 30.1 Å². The lowest BCUT2D eigenvalue weighted by Gasteiger charge is -2.08. The summed E-state index contributed by atoms with van der Waals surface area (Å²) in [6.07, 6.45) is 0.732. The highest BCUT2D eigenvalue weighted by atomic mass is 35.5. The van der Waals surface area contributed by atoms with Gasteiger partial charge in [-0.3, -0.25) is 4.79 Å². The fourth-order valence-electron chi connectivity index (χ4n) is 1.95. The van der Waals surface area contributed by atoms with Crippen LogP contribution in [0.15, 0.2) is 48.5 Å². The van der Waals surface area contributed by atoms with E-state index >= 15 is 0 Å². The molecule has 3 N–H and O–H groups in total. The average Bonchev–Trinajstić information content (AvgIpc) is 2.48. The molecular formula is C15H15BClNO3. The molecule has 0 atom stereocenters. The summed E-state index contributed by atoms with van der Waals surface area (Å²) in [7, 11) is -1.70. The minimum absolute atomic E-state index is 0.118. The largest absolute Gasteiger partial charge is 0.489 e. The zero-order valence-corrected chi connectivity index (χ0v) is 12.0. The van der Waals surface area contributed by atoms with Gasteiger partial charge in [0.2, 0.25) is 0 Å². The van der Waals surface area contributed by atoms with Gasteiger partial charge >= 0.3 is 7.12 Å². The Morgan fingerprint density at radius 2 is 1.86 bits per heavy atom. The molecule has 0 radical (unpaired) electrons. The van der Waals surface area contributed by atoms with Gasteiger partial charge in [0.15, 0.2) is 0 Å². The highest BCUT2D eigenvalue weighted by Gasteiger charge is 2.17. The highest BCUT2D eigenvalue weighted by molar-refractivity contribution is 6.62. The predicted molar refractivity (Wildman–Crippen MR) is 83.8 cm³/mol. The molecule has 0 bridgehead atoms. The van der Waals surface area contributed by atoms with Crippen molar-refractivity contribution in [3.05, 3.63) is 64.7 Å². The van der Waals surface area contributed by atoms with E-state index < -0.39 is 7.12 Å². The number of hydrogen-bond acceptors (Lipinski definition) is 3. The third-order valence-corrected chi connectivity index (χ3v) is 3.42. The Morgan fingerprint density at radius 3 is 2.52 bits per heavy atom. The van der Waals surface area contributed by atoms with Crippen LogP contribution in [0, 0.1) is 0 Å². The van der Waals surface area contributed by atoms with E-state index in [0.29, 0.717) is 12.1 Å². The number of nitrogens with one attached hydrogen (secondary N) is 1. The third-order valence-electron chi connectivity index (χ3n) is 3.08. The van der Waals surface area contributed by atoms with E-state index in [1.165, 1.54) is 12.1 Å². The van der Waals surface area contributed by atoms with Crippen molar-refractivity contribution in [2.24, 2.45) is 0 Å². The summed E-state index contributed by atoms with van der Waals surface area (Å²) in [4.78, 5) is 12.0. The first-order valence-corrected chi connectivity index (χ1v) is 6.93. The van der Waals surface area contributed by atoms with Gasteiger partial charge in [0.05, 0.1) is 0 Å². The Balaban J connectivity index is 1.96. The Kier molecular flexibility index (Phi) is 5.39. The van der Waals surface area contributed by atoms with Crippen LogP contribution in [0.4, 0.5) is 0 Å². The number of carbonyl (C=O) groups excluding carboxylic acids is 1. The van der Waals surface area contributed by atoms with Crippen molar-refractivity contribution in [1.82, 2.24) is 5.32 Å².